The Morgan fingerprint density at radius 3 is 2.58 bits per heavy atom. The molecule has 0 aliphatic carbocycles. The number of imidazole rings is 1. The lowest BCUT2D eigenvalue weighted by Gasteiger charge is -2.34. The molecule has 0 radical (unpaired) electrons. The molecule has 33 heavy (non-hydrogen) atoms. The molecule has 0 atom stereocenters. The number of hydrogen-bond acceptors (Lipinski definition) is 7. The Morgan fingerprint density at radius 2 is 1.91 bits per heavy atom. The van der Waals surface area contributed by atoms with Gasteiger partial charge >= 0.3 is 0 Å². The van der Waals surface area contributed by atoms with Crippen LogP contribution in [0.15, 0.2) is 54.8 Å². The van der Waals surface area contributed by atoms with Gasteiger partial charge in [-0.2, -0.15) is 0 Å². The molecule has 2 N–H and O–H groups in total. The molecule has 2 aromatic heterocycles. The summed E-state index contributed by atoms with van der Waals surface area (Å²) < 4.78 is 20.4. The number of aliphatic hydroxyl groups is 1. The number of hydrogen-bond donors (Lipinski definition) is 2. The zero-order chi connectivity index (χ0) is 23.2. The Kier molecular flexibility index (Phi) is 7.11. The van der Waals surface area contributed by atoms with Crippen LogP contribution < -0.4 is 4.90 Å². The molecule has 1 aromatic carbocycles. The van der Waals surface area contributed by atoms with E-state index in [9.17, 15) is 9.50 Å². The molecule has 8 nitrogen and oxygen atoms in total. The summed E-state index contributed by atoms with van der Waals surface area (Å²) in [6.45, 7) is 4.16. The van der Waals surface area contributed by atoms with Crippen molar-refractivity contribution < 1.29 is 14.2 Å². The lowest BCUT2D eigenvalue weighted by Crippen LogP contribution is -2.47. The quantitative estimate of drug-likeness (QED) is 0.312. The summed E-state index contributed by atoms with van der Waals surface area (Å²) >= 11 is 0. The minimum Gasteiger partial charge on any atom is -0.504 e. The first-order valence-electron chi connectivity index (χ1n) is 10.8. The minimum absolute atomic E-state index is 0.159. The Morgan fingerprint density at radius 1 is 1.15 bits per heavy atom. The van der Waals surface area contributed by atoms with Crippen molar-refractivity contribution in [3.8, 4) is 11.3 Å². The number of aliphatic hydroxyl groups excluding tert-OH is 1. The van der Waals surface area contributed by atoms with E-state index in [0.717, 1.165) is 37.6 Å². The van der Waals surface area contributed by atoms with E-state index in [2.05, 4.69) is 9.80 Å². The maximum Gasteiger partial charge on any atom is 0.155 e. The van der Waals surface area contributed by atoms with E-state index in [-0.39, 0.29) is 12.4 Å². The van der Waals surface area contributed by atoms with Gasteiger partial charge < -0.3 is 20.2 Å². The van der Waals surface area contributed by atoms with Crippen molar-refractivity contribution in [3.63, 3.8) is 0 Å². The topological polar surface area (TPSA) is 90.0 Å². The predicted octanol–water partition coefficient (Wildman–Crippen LogP) is 2.84. The van der Waals surface area contributed by atoms with Crippen molar-refractivity contribution in [2.75, 3.05) is 51.3 Å². The molecule has 1 saturated heterocycles. The van der Waals surface area contributed by atoms with Crippen LogP contribution in [-0.4, -0.2) is 77.3 Å². The predicted molar refractivity (Wildman–Crippen MR) is 127 cm³/mol. The molecule has 3 heterocycles. The average molecular weight is 451 g/mol. The van der Waals surface area contributed by atoms with Gasteiger partial charge in [0.15, 0.2) is 5.65 Å². The van der Waals surface area contributed by atoms with Gasteiger partial charge in [-0.25, -0.2) is 13.9 Å². The summed E-state index contributed by atoms with van der Waals surface area (Å²) in [5.74, 6) is 0.500. The number of nitrogens with zero attached hydrogens (tertiary/aromatic N) is 5. The van der Waals surface area contributed by atoms with Crippen molar-refractivity contribution in [1.29, 1.82) is 5.41 Å². The number of β-amino-alcohol motifs (C(OH)–C–C–N with tert-alkyl or cyclic N) is 1. The second kappa shape index (κ2) is 10.4. The first-order valence-corrected chi connectivity index (χ1v) is 10.8. The molecule has 172 valence electrons. The largest absolute Gasteiger partial charge is 0.504 e. The molecule has 1 fully saturated rings. The molecule has 0 saturated carbocycles. The average Bonchev–Trinajstić information content (AvgIpc) is 3.21. The zero-order valence-electron chi connectivity index (χ0n) is 18.5. The highest BCUT2D eigenvalue weighted by Crippen LogP contribution is 2.31. The number of nitrogens with one attached hydrogen (secondary N) is 1. The van der Waals surface area contributed by atoms with Gasteiger partial charge in [0.25, 0.3) is 0 Å². The van der Waals surface area contributed by atoms with E-state index in [0.29, 0.717) is 29.2 Å². The fourth-order valence-corrected chi connectivity index (χ4v) is 3.95. The van der Waals surface area contributed by atoms with Crippen LogP contribution in [0.3, 0.4) is 0 Å². The molecule has 1 aliphatic rings. The lowest BCUT2D eigenvalue weighted by atomic mass is 10.0. The lowest BCUT2D eigenvalue weighted by molar-refractivity contribution is 0.188. The van der Waals surface area contributed by atoms with Crippen LogP contribution in [-0.2, 0) is 4.74 Å². The Bertz CT molecular complexity index is 1160. The Balaban J connectivity index is 1.81. The molecular formula is C24H27FN6O2. The van der Waals surface area contributed by atoms with Crippen molar-refractivity contribution in [2.45, 2.75) is 0 Å². The number of benzene rings is 1. The number of rotatable bonds is 8. The Labute approximate surface area is 191 Å². The molecule has 9 heteroatoms. The molecule has 3 aromatic rings. The fourth-order valence-electron chi connectivity index (χ4n) is 3.95. The second-order valence-electron chi connectivity index (χ2n) is 7.66. The van der Waals surface area contributed by atoms with Gasteiger partial charge in [-0.15, -0.1) is 5.10 Å². The van der Waals surface area contributed by atoms with Gasteiger partial charge in [0, 0.05) is 50.1 Å². The summed E-state index contributed by atoms with van der Waals surface area (Å²) in [4.78, 5) is 9.21. The van der Waals surface area contributed by atoms with Gasteiger partial charge in [0.1, 0.15) is 17.3 Å². The first-order chi connectivity index (χ1) is 16.1. The van der Waals surface area contributed by atoms with Crippen LogP contribution in [0.1, 0.15) is 5.69 Å². The monoisotopic (exact) mass is 450 g/mol. The number of piperazine rings is 1. The molecular weight excluding hydrogens is 423 g/mol. The smallest absolute Gasteiger partial charge is 0.155 e. The summed E-state index contributed by atoms with van der Waals surface area (Å²) in [6, 6.07) is 10.0. The van der Waals surface area contributed by atoms with E-state index in [1.165, 1.54) is 24.6 Å². The maximum atomic E-state index is 13.6. The third-order valence-corrected chi connectivity index (χ3v) is 5.61. The number of fused-ring (bicyclic) bond motifs is 1. The highest BCUT2D eigenvalue weighted by atomic mass is 19.1. The second-order valence-corrected chi connectivity index (χ2v) is 7.66. The highest BCUT2D eigenvalue weighted by molar-refractivity contribution is 5.91. The van der Waals surface area contributed by atoms with Gasteiger partial charge in [0.2, 0.25) is 0 Å². The fraction of sp³-hybridized carbons (Fsp3) is 0.292. The van der Waals surface area contributed by atoms with Crippen LogP contribution in [0.4, 0.5) is 10.2 Å². The number of ether oxygens (including phenoxy) is 1. The number of halogens is 1. The summed E-state index contributed by atoms with van der Waals surface area (Å²) in [7, 11) is 1.56. The van der Waals surface area contributed by atoms with Crippen LogP contribution in [0.2, 0.25) is 0 Å². The molecule has 1 aliphatic heterocycles. The van der Waals surface area contributed by atoms with E-state index in [1.54, 1.807) is 35.9 Å². The minimum atomic E-state index is -0.320. The van der Waals surface area contributed by atoms with Crippen LogP contribution in [0, 0.1) is 11.2 Å². The van der Waals surface area contributed by atoms with Gasteiger partial charge in [-0.05, 0) is 48.6 Å². The van der Waals surface area contributed by atoms with E-state index in [1.807, 2.05) is 12.1 Å². The van der Waals surface area contributed by atoms with Crippen LogP contribution >= 0.6 is 0 Å². The highest BCUT2D eigenvalue weighted by Gasteiger charge is 2.21. The SMILES string of the molecule is CO/C=C/C(=C\C=N)c1c(-c2ccc(F)cc2)nc2ccc(N3CCN(CCO)CC3)nn12. The van der Waals surface area contributed by atoms with Crippen LogP contribution in [0.5, 0.6) is 0 Å². The van der Waals surface area contributed by atoms with Gasteiger partial charge in [0.05, 0.1) is 25.7 Å². The standard InChI is InChI=1S/C24H27FN6O2/c1-33-17-9-19(8-10-26)24-23(18-2-4-20(25)5-3-18)27-21-6-7-22(28-31(21)24)30-13-11-29(12-14-30)15-16-32/h2-10,17,26,32H,11-16H2,1H3/b17-9+,19-8+,26-10?. The molecule has 0 bridgehead atoms. The number of aromatic nitrogens is 3. The van der Waals surface area contributed by atoms with E-state index >= 15 is 0 Å². The number of methoxy groups -OCH3 is 1. The summed E-state index contributed by atoms with van der Waals surface area (Å²) in [5, 5.41) is 21.7. The van der Waals surface area contributed by atoms with Gasteiger partial charge in [-0.1, -0.05) is 0 Å². The zero-order valence-corrected chi connectivity index (χ0v) is 18.5. The van der Waals surface area contributed by atoms with Crippen molar-refractivity contribution in [3.05, 3.63) is 66.3 Å². The molecule has 4 rings (SSSR count). The maximum absolute atomic E-state index is 13.6. The van der Waals surface area contributed by atoms with E-state index < -0.39 is 0 Å². The number of anilines is 1. The van der Waals surface area contributed by atoms with Crippen molar-refractivity contribution in [1.82, 2.24) is 19.5 Å². The summed E-state index contributed by atoms with van der Waals surface area (Å²) in [5.41, 5.74) is 3.41. The normalized spacial score (nSPS) is 15.5. The van der Waals surface area contributed by atoms with E-state index in [4.69, 9.17) is 20.2 Å². The third-order valence-electron chi connectivity index (χ3n) is 5.61. The molecule has 0 spiro atoms. The third kappa shape index (κ3) is 4.94. The number of allylic oxidation sites excluding steroid dienone is 3. The molecule has 0 amide bonds. The van der Waals surface area contributed by atoms with Gasteiger partial charge in [-0.3, -0.25) is 4.90 Å². The Hall–Kier alpha value is -3.56. The first kappa shape index (κ1) is 22.6. The van der Waals surface area contributed by atoms with Crippen LogP contribution in [0.25, 0.3) is 22.5 Å². The molecule has 0 unspecified atom stereocenters. The van der Waals surface area contributed by atoms with Crippen molar-refractivity contribution in [2.24, 2.45) is 0 Å². The summed E-state index contributed by atoms with van der Waals surface area (Å²) in [6.07, 6.45) is 6.14. The van der Waals surface area contributed by atoms with Crippen molar-refractivity contribution >= 4 is 23.3 Å².